The van der Waals surface area contributed by atoms with Crippen LogP contribution in [0.25, 0.3) is 11.2 Å². The average molecular weight is 569 g/mol. The Kier molecular flexibility index (Phi) is 8.99. The lowest BCUT2D eigenvalue weighted by Crippen LogP contribution is -2.52. The Bertz CT molecular complexity index is 1220. The fourth-order valence-corrected chi connectivity index (χ4v) is 5.31. The van der Waals surface area contributed by atoms with Gasteiger partial charge in [-0.15, -0.1) is 0 Å². The molecular weight excluding hydrogens is 525 g/mol. The summed E-state index contributed by atoms with van der Waals surface area (Å²) in [4.78, 5) is 36.5. The molecule has 0 aromatic carbocycles. The van der Waals surface area contributed by atoms with Gasteiger partial charge in [0.25, 0.3) is 0 Å². The largest absolute Gasteiger partial charge is 0.444 e. The first-order valence-electron chi connectivity index (χ1n) is 13.8. The second-order valence-corrected chi connectivity index (χ2v) is 13.2. The number of fused-ring (bicyclic) bond motifs is 1. The highest BCUT2D eigenvalue weighted by Gasteiger charge is 2.48. The number of carbonyl (C=O) groups excluding carboxylic acids is 2. The quantitative estimate of drug-likeness (QED) is 0.320. The molecule has 0 unspecified atom stereocenters. The minimum absolute atomic E-state index is 0.0917. The molecule has 0 saturated carbocycles. The third-order valence-electron chi connectivity index (χ3n) is 7.22. The second-order valence-electron chi connectivity index (χ2n) is 13.2. The lowest BCUT2D eigenvalue weighted by atomic mass is 9.88. The lowest BCUT2D eigenvalue weighted by molar-refractivity contribution is -0.138. The van der Waals surface area contributed by atoms with E-state index in [1.165, 1.54) is 11.1 Å². The maximum Gasteiger partial charge on any atom is 0.412 e. The number of aromatic nitrogens is 3. The van der Waals surface area contributed by atoms with Crippen LogP contribution in [0.5, 0.6) is 0 Å². The Morgan fingerprint density at radius 2 is 1.80 bits per heavy atom. The Hall–Kier alpha value is -2.69. The van der Waals surface area contributed by atoms with E-state index in [2.05, 4.69) is 30.7 Å². The fourth-order valence-electron chi connectivity index (χ4n) is 5.31. The van der Waals surface area contributed by atoms with Gasteiger partial charge in [0, 0.05) is 31.0 Å². The molecule has 0 radical (unpaired) electrons. The summed E-state index contributed by atoms with van der Waals surface area (Å²) in [6.07, 6.45) is -3.96. The van der Waals surface area contributed by atoms with Gasteiger partial charge in [0.1, 0.15) is 22.5 Å². The molecule has 2 atom stereocenters. The number of amides is 1. The molecule has 8 nitrogen and oxygen atoms in total. The zero-order valence-corrected chi connectivity index (χ0v) is 25.1. The maximum absolute atomic E-state index is 13.2. The van der Waals surface area contributed by atoms with Crippen molar-refractivity contribution in [1.82, 2.24) is 19.4 Å². The molecule has 1 aliphatic rings. The number of hydrogen-bond acceptors (Lipinski definition) is 6. The molecule has 2 aromatic heterocycles. The Morgan fingerprint density at radius 3 is 2.38 bits per heavy atom. The van der Waals surface area contributed by atoms with Crippen molar-refractivity contribution in [3.05, 3.63) is 23.7 Å². The molecule has 1 amide bonds. The summed E-state index contributed by atoms with van der Waals surface area (Å²) in [5, 5.41) is 0. The molecule has 3 heterocycles. The number of alkyl halides is 3. The first-order chi connectivity index (χ1) is 18.2. The van der Waals surface area contributed by atoms with Gasteiger partial charge in [-0.2, -0.15) is 13.2 Å². The van der Waals surface area contributed by atoms with Crippen molar-refractivity contribution in [2.45, 2.75) is 116 Å². The summed E-state index contributed by atoms with van der Waals surface area (Å²) in [5.74, 6) is -0.769. The van der Waals surface area contributed by atoms with Crippen LogP contribution in [0, 0.1) is 5.92 Å². The van der Waals surface area contributed by atoms with Crippen LogP contribution in [-0.4, -0.2) is 61.5 Å². The third-order valence-corrected chi connectivity index (χ3v) is 7.22. The van der Waals surface area contributed by atoms with Crippen molar-refractivity contribution in [3.8, 4) is 0 Å². The number of Topliss-reactive ketones (excluding diaryl/α,β-unsaturated/α-hetero) is 1. The highest BCUT2D eigenvalue weighted by molar-refractivity contribution is 5.95. The summed E-state index contributed by atoms with van der Waals surface area (Å²) >= 11 is 0. The number of aryl methyl sites for hydroxylation is 1. The predicted octanol–water partition coefficient (Wildman–Crippen LogP) is 6.95. The molecule has 1 saturated heterocycles. The zero-order valence-electron chi connectivity index (χ0n) is 25.1. The van der Waals surface area contributed by atoms with Crippen LogP contribution < -0.4 is 0 Å². The van der Waals surface area contributed by atoms with Gasteiger partial charge in [0.15, 0.2) is 11.4 Å². The normalized spacial score (nSPS) is 18.8. The molecule has 3 rings (SSSR count). The van der Waals surface area contributed by atoms with Crippen LogP contribution in [0.3, 0.4) is 0 Å². The number of ketones is 1. The highest BCUT2D eigenvalue weighted by Crippen LogP contribution is 2.38. The predicted molar refractivity (Wildman–Crippen MR) is 146 cm³/mol. The average Bonchev–Trinajstić information content (AvgIpc) is 3.29. The van der Waals surface area contributed by atoms with Crippen LogP contribution in [0.4, 0.5) is 18.0 Å². The van der Waals surface area contributed by atoms with Gasteiger partial charge in [0.2, 0.25) is 0 Å². The number of hydrogen-bond donors (Lipinski definition) is 0. The van der Waals surface area contributed by atoms with Crippen LogP contribution in [-0.2, 0) is 21.9 Å². The number of nitrogens with zero attached hydrogens (tertiary/aromatic N) is 4. The van der Waals surface area contributed by atoms with Crippen LogP contribution in [0.15, 0.2) is 12.3 Å². The van der Waals surface area contributed by atoms with Gasteiger partial charge >= 0.3 is 12.3 Å². The molecule has 0 N–H and O–H groups in total. The van der Waals surface area contributed by atoms with Crippen LogP contribution >= 0.6 is 0 Å². The van der Waals surface area contributed by atoms with E-state index in [0.29, 0.717) is 24.0 Å². The van der Waals surface area contributed by atoms with E-state index in [-0.39, 0.29) is 36.3 Å². The van der Waals surface area contributed by atoms with Crippen molar-refractivity contribution in [1.29, 1.82) is 0 Å². The Labute approximate surface area is 234 Å². The summed E-state index contributed by atoms with van der Waals surface area (Å²) in [6.45, 7) is 14.9. The number of carbonyl (C=O) groups is 2. The molecule has 2 aromatic rings. The van der Waals surface area contributed by atoms with Gasteiger partial charge in [-0.3, -0.25) is 14.7 Å². The van der Waals surface area contributed by atoms with Gasteiger partial charge in [0.05, 0.1) is 18.8 Å². The third kappa shape index (κ3) is 7.73. The number of ether oxygens (including phenoxy) is 2. The van der Waals surface area contributed by atoms with Crippen LogP contribution in [0.1, 0.15) is 104 Å². The molecule has 1 aliphatic heterocycles. The van der Waals surface area contributed by atoms with E-state index in [1.54, 1.807) is 34.6 Å². The molecule has 0 aliphatic carbocycles. The molecule has 11 heteroatoms. The van der Waals surface area contributed by atoms with E-state index in [9.17, 15) is 22.8 Å². The summed E-state index contributed by atoms with van der Waals surface area (Å²) in [7, 11) is 1.89. The van der Waals surface area contributed by atoms with Crippen LogP contribution in [0.2, 0.25) is 0 Å². The lowest BCUT2D eigenvalue weighted by Gasteiger charge is -2.38. The minimum atomic E-state index is -4.34. The van der Waals surface area contributed by atoms with Gasteiger partial charge in [-0.1, -0.05) is 20.8 Å². The summed E-state index contributed by atoms with van der Waals surface area (Å²) < 4.78 is 53.0. The van der Waals surface area contributed by atoms with E-state index in [4.69, 9.17) is 9.47 Å². The number of rotatable bonds is 8. The van der Waals surface area contributed by atoms with Crippen molar-refractivity contribution < 1.29 is 32.2 Å². The van der Waals surface area contributed by atoms with E-state index >= 15 is 0 Å². The Morgan fingerprint density at radius 1 is 1.15 bits per heavy atom. The summed E-state index contributed by atoms with van der Waals surface area (Å²) in [5.41, 5.74) is 0.628. The minimum Gasteiger partial charge on any atom is -0.444 e. The molecular formula is C29H43F3N4O4. The Balaban J connectivity index is 1.76. The monoisotopic (exact) mass is 568 g/mol. The topological polar surface area (TPSA) is 86.6 Å². The smallest absolute Gasteiger partial charge is 0.412 e. The van der Waals surface area contributed by atoms with E-state index in [0.717, 1.165) is 5.69 Å². The molecule has 40 heavy (non-hydrogen) atoms. The molecule has 1 fully saturated rings. The first kappa shape index (κ1) is 31.8. The highest BCUT2D eigenvalue weighted by atomic mass is 19.4. The van der Waals surface area contributed by atoms with Crippen molar-refractivity contribution in [2.24, 2.45) is 13.0 Å². The molecule has 0 bridgehead atoms. The second kappa shape index (κ2) is 11.3. The number of halogens is 3. The van der Waals surface area contributed by atoms with E-state index in [1.807, 2.05) is 17.7 Å². The molecule has 224 valence electrons. The van der Waals surface area contributed by atoms with Crippen molar-refractivity contribution >= 4 is 23.0 Å². The van der Waals surface area contributed by atoms with Crippen molar-refractivity contribution in [3.63, 3.8) is 0 Å². The van der Waals surface area contributed by atoms with Gasteiger partial charge in [-0.25, -0.2) is 9.78 Å². The zero-order chi connectivity index (χ0) is 30.3. The standard InChI is InChI=1S/C29H43F3N4O4/c1-26(2,3)23-15-19-24(35(23)9)34-20(16-33-19)22(37)12-10-11-18(13-14-29(30,31)32)21-17-39-28(7,8)36(21)25(38)40-27(4,5)6/h15-16,18,21H,10-14,17H2,1-9H3/t18-,21-/m0/s1. The van der Waals surface area contributed by atoms with Gasteiger partial charge in [-0.05, 0) is 65.9 Å². The maximum atomic E-state index is 13.2. The van der Waals surface area contributed by atoms with Gasteiger partial charge < -0.3 is 14.0 Å². The first-order valence-corrected chi connectivity index (χ1v) is 13.8. The van der Waals surface area contributed by atoms with Crippen molar-refractivity contribution in [2.75, 3.05) is 6.61 Å². The fraction of sp³-hybridized carbons (Fsp3) is 0.724. The van der Waals surface area contributed by atoms with E-state index < -0.39 is 42.0 Å². The molecule has 0 spiro atoms. The summed E-state index contributed by atoms with van der Waals surface area (Å²) in [6, 6.07) is 1.35. The SMILES string of the molecule is Cn1c(C(C)(C)C)cc2ncc(C(=O)CCC[C@@H](CCC(F)(F)F)[C@@H]3COC(C)(C)N3C(=O)OC(C)(C)C)nc21.